The van der Waals surface area contributed by atoms with Gasteiger partial charge in [0.15, 0.2) is 0 Å². The predicted molar refractivity (Wildman–Crippen MR) is 77.0 cm³/mol. The highest BCUT2D eigenvalue weighted by Gasteiger charge is 2.27. The number of aliphatic hydroxyl groups excluding tert-OH is 1. The Bertz CT molecular complexity index is 490. The van der Waals surface area contributed by atoms with Crippen LogP contribution in [0.3, 0.4) is 0 Å². The van der Waals surface area contributed by atoms with E-state index in [0.29, 0.717) is 17.5 Å². The molecule has 0 bridgehead atoms. The van der Waals surface area contributed by atoms with Crippen molar-refractivity contribution in [3.8, 4) is 6.07 Å². The molecule has 0 spiro atoms. The number of hydrogen-bond donors (Lipinski definition) is 1. The van der Waals surface area contributed by atoms with E-state index >= 15 is 0 Å². The molecule has 1 N–H and O–H groups in total. The summed E-state index contributed by atoms with van der Waals surface area (Å²) in [4.78, 5) is 2.34. The maximum Gasteiger partial charge on any atom is 0.0992 e. The van der Waals surface area contributed by atoms with Gasteiger partial charge in [0.2, 0.25) is 0 Å². The van der Waals surface area contributed by atoms with Gasteiger partial charge in [0, 0.05) is 23.8 Å². The molecule has 1 saturated heterocycles. The van der Waals surface area contributed by atoms with Crippen molar-refractivity contribution in [2.45, 2.75) is 45.8 Å². The van der Waals surface area contributed by atoms with Crippen LogP contribution in [-0.4, -0.2) is 17.7 Å². The van der Waals surface area contributed by atoms with Crippen molar-refractivity contribution in [3.05, 3.63) is 29.3 Å². The van der Waals surface area contributed by atoms with Gasteiger partial charge in [-0.25, -0.2) is 0 Å². The summed E-state index contributed by atoms with van der Waals surface area (Å²) in [5, 5.41) is 19.0. The second kappa shape index (κ2) is 5.63. The molecule has 0 amide bonds. The Hall–Kier alpha value is -1.53. The summed E-state index contributed by atoms with van der Waals surface area (Å²) in [7, 11) is 0. The Morgan fingerprint density at radius 2 is 2.16 bits per heavy atom. The molecule has 1 aliphatic heterocycles. The summed E-state index contributed by atoms with van der Waals surface area (Å²) in [6.45, 7) is 7.28. The molecular formula is C16H22N2O. The zero-order valence-electron chi connectivity index (χ0n) is 11.9. The summed E-state index contributed by atoms with van der Waals surface area (Å²) in [5.74, 6) is 0.640. The lowest BCUT2D eigenvalue weighted by molar-refractivity contribution is 0.199. The van der Waals surface area contributed by atoms with Crippen LogP contribution in [0.25, 0.3) is 0 Å². The minimum atomic E-state index is -0.507. The molecule has 2 rings (SSSR count). The van der Waals surface area contributed by atoms with Crippen molar-refractivity contribution in [1.29, 1.82) is 5.26 Å². The first-order valence-electron chi connectivity index (χ1n) is 7.03. The molecule has 0 aliphatic carbocycles. The molecule has 102 valence electrons. The first-order valence-corrected chi connectivity index (χ1v) is 7.03. The van der Waals surface area contributed by atoms with Crippen LogP contribution in [0.5, 0.6) is 0 Å². The lowest BCUT2D eigenvalue weighted by Crippen LogP contribution is -2.43. The van der Waals surface area contributed by atoms with Crippen LogP contribution in [0, 0.1) is 17.2 Å². The van der Waals surface area contributed by atoms with Crippen LogP contribution in [-0.2, 0) is 0 Å². The van der Waals surface area contributed by atoms with E-state index in [2.05, 4.69) is 24.8 Å². The second-order valence-electron chi connectivity index (χ2n) is 5.61. The van der Waals surface area contributed by atoms with Crippen molar-refractivity contribution in [3.63, 3.8) is 0 Å². The minimum Gasteiger partial charge on any atom is -0.389 e. The van der Waals surface area contributed by atoms with Crippen LogP contribution in [0.15, 0.2) is 18.2 Å². The Labute approximate surface area is 115 Å². The fourth-order valence-corrected chi connectivity index (χ4v) is 2.89. The largest absolute Gasteiger partial charge is 0.389 e. The van der Waals surface area contributed by atoms with Crippen molar-refractivity contribution in [1.82, 2.24) is 0 Å². The second-order valence-corrected chi connectivity index (χ2v) is 5.61. The molecular weight excluding hydrogens is 236 g/mol. The summed E-state index contributed by atoms with van der Waals surface area (Å²) in [5.41, 5.74) is 2.60. The summed E-state index contributed by atoms with van der Waals surface area (Å²) in [6.07, 6.45) is 1.91. The van der Waals surface area contributed by atoms with Crippen molar-refractivity contribution < 1.29 is 5.11 Å². The minimum absolute atomic E-state index is 0.445. The van der Waals surface area contributed by atoms with Gasteiger partial charge < -0.3 is 10.0 Å². The Kier molecular flexibility index (Phi) is 4.11. The van der Waals surface area contributed by atoms with Gasteiger partial charge >= 0.3 is 0 Å². The summed E-state index contributed by atoms with van der Waals surface area (Å²) >= 11 is 0. The SMILES string of the molecule is CC(O)c1ccc(C#N)cc1N1CCCC(C)C1C. The fraction of sp³-hybridized carbons (Fsp3) is 0.562. The van der Waals surface area contributed by atoms with E-state index in [0.717, 1.165) is 17.8 Å². The third-order valence-corrected chi connectivity index (χ3v) is 4.29. The predicted octanol–water partition coefficient (Wildman–Crippen LogP) is 3.24. The van der Waals surface area contributed by atoms with E-state index in [9.17, 15) is 5.11 Å². The highest BCUT2D eigenvalue weighted by molar-refractivity contribution is 5.59. The number of nitriles is 1. The van der Waals surface area contributed by atoms with E-state index in [4.69, 9.17) is 5.26 Å². The lowest BCUT2D eigenvalue weighted by atomic mass is 9.90. The summed E-state index contributed by atoms with van der Waals surface area (Å²) < 4.78 is 0. The monoisotopic (exact) mass is 258 g/mol. The van der Waals surface area contributed by atoms with Crippen molar-refractivity contribution in [2.75, 3.05) is 11.4 Å². The Morgan fingerprint density at radius 1 is 1.42 bits per heavy atom. The Balaban J connectivity index is 2.44. The van der Waals surface area contributed by atoms with Gasteiger partial charge in [-0.2, -0.15) is 5.26 Å². The van der Waals surface area contributed by atoms with Crippen LogP contribution in [0.4, 0.5) is 5.69 Å². The van der Waals surface area contributed by atoms with Crippen LogP contribution < -0.4 is 4.90 Å². The number of nitrogens with zero attached hydrogens (tertiary/aromatic N) is 2. The molecule has 3 heteroatoms. The maximum atomic E-state index is 9.94. The molecule has 0 saturated carbocycles. The third-order valence-electron chi connectivity index (χ3n) is 4.29. The fourth-order valence-electron chi connectivity index (χ4n) is 2.89. The number of anilines is 1. The molecule has 1 aromatic rings. The van der Waals surface area contributed by atoms with Gasteiger partial charge in [0.25, 0.3) is 0 Å². The maximum absolute atomic E-state index is 9.94. The molecule has 1 fully saturated rings. The van der Waals surface area contributed by atoms with Gasteiger partial charge in [-0.1, -0.05) is 13.0 Å². The molecule has 0 aromatic heterocycles. The molecule has 1 heterocycles. The van der Waals surface area contributed by atoms with Crippen LogP contribution in [0.2, 0.25) is 0 Å². The zero-order chi connectivity index (χ0) is 14.0. The topological polar surface area (TPSA) is 47.3 Å². The quantitative estimate of drug-likeness (QED) is 0.886. The highest BCUT2D eigenvalue weighted by Crippen LogP contribution is 2.34. The van der Waals surface area contributed by atoms with E-state index in [-0.39, 0.29) is 0 Å². The lowest BCUT2D eigenvalue weighted by Gasteiger charge is -2.41. The van der Waals surface area contributed by atoms with Gasteiger partial charge in [-0.3, -0.25) is 0 Å². The number of hydrogen-bond acceptors (Lipinski definition) is 3. The first kappa shape index (κ1) is 13.9. The smallest absolute Gasteiger partial charge is 0.0992 e. The molecule has 19 heavy (non-hydrogen) atoms. The van der Waals surface area contributed by atoms with Crippen LogP contribution in [0.1, 0.15) is 50.8 Å². The molecule has 1 aromatic carbocycles. The van der Waals surface area contributed by atoms with E-state index in [1.165, 1.54) is 12.8 Å². The van der Waals surface area contributed by atoms with Gasteiger partial charge in [0.05, 0.1) is 17.7 Å². The van der Waals surface area contributed by atoms with E-state index in [1.807, 2.05) is 12.1 Å². The van der Waals surface area contributed by atoms with E-state index < -0.39 is 6.10 Å². The highest BCUT2D eigenvalue weighted by atomic mass is 16.3. The number of rotatable bonds is 2. The molecule has 3 nitrogen and oxygen atoms in total. The van der Waals surface area contributed by atoms with Crippen molar-refractivity contribution in [2.24, 2.45) is 5.92 Å². The summed E-state index contributed by atoms with van der Waals surface area (Å²) in [6, 6.07) is 8.21. The molecule has 3 atom stereocenters. The Morgan fingerprint density at radius 3 is 2.79 bits per heavy atom. The zero-order valence-corrected chi connectivity index (χ0v) is 11.9. The van der Waals surface area contributed by atoms with Gasteiger partial charge in [-0.05, 0) is 44.7 Å². The van der Waals surface area contributed by atoms with E-state index in [1.54, 1.807) is 13.0 Å². The standard InChI is InChI=1S/C16H22N2O/c1-11-5-4-8-18(12(11)2)16-9-14(10-17)6-7-15(16)13(3)19/h6-7,9,11-13,19H,4-5,8H2,1-3H3. The third kappa shape index (κ3) is 2.74. The van der Waals surface area contributed by atoms with Crippen molar-refractivity contribution >= 4 is 5.69 Å². The molecule has 1 aliphatic rings. The molecule has 0 radical (unpaired) electrons. The number of piperidine rings is 1. The molecule has 3 unspecified atom stereocenters. The average molecular weight is 258 g/mol. The first-order chi connectivity index (χ1) is 9.04. The normalized spacial score (nSPS) is 24.9. The van der Waals surface area contributed by atoms with Gasteiger partial charge in [-0.15, -0.1) is 0 Å². The van der Waals surface area contributed by atoms with Gasteiger partial charge in [0.1, 0.15) is 0 Å². The number of aliphatic hydroxyl groups is 1. The number of benzene rings is 1. The average Bonchev–Trinajstić information content (AvgIpc) is 2.41. The van der Waals surface area contributed by atoms with Crippen LogP contribution >= 0.6 is 0 Å².